The first-order valence-electron chi connectivity index (χ1n) is 17.5. The SMILES string of the molecule is CCCN(C(=O)N(C)Cc1ccc(OC)cc1)N1CC(=O)N2[C@@H](Cc3ccc(OCC(=O)OC)cc3)C(=O)N(Cc3cccc4ccccc34)C[C@@H]21. The van der Waals surface area contributed by atoms with Crippen molar-refractivity contribution in [2.24, 2.45) is 0 Å². The van der Waals surface area contributed by atoms with Gasteiger partial charge in [-0.1, -0.05) is 73.7 Å². The Labute approximate surface area is 304 Å². The van der Waals surface area contributed by atoms with Crippen LogP contribution in [0.2, 0.25) is 0 Å². The summed E-state index contributed by atoms with van der Waals surface area (Å²) in [4.78, 5) is 59.3. The summed E-state index contributed by atoms with van der Waals surface area (Å²) < 4.78 is 15.5. The highest BCUT2D eigenvalue weighted by atomic mass is 16.6. The Morgan fingerprint density at radius 1 is 0.865 bits per heavy atom. The van der Waals surface area contributed by atoms with Crippen LogP contribution < -0.4 is 9.47 Å². The Kier molecular flexibility index (Phi) is 11.2. The van der Waals surface area contributed by atoms with Crippen LogP contribution in [-0.4, -0.2) is 108 Å². The molecule has 0 aliphatic carbocycles. The number of nitrogens with zero attached hydrogens (tertiary/aromatic N) is 5. The molecule has 0 aromatic heterocycles. The number of hydrogen-bond acceptors (Lipinski definition) is 8. The van der Waals surface area contributed by atoms with Crippen LogP contribution in [0.5, 0.6) is 11.5 Å². The maximum absolute atomic E-state index is 14.5. The third-order valence-electron chi connectivity index (χ3n) is 9.62. The molecular weight excluding hydrogens is 662 g/mol. The minimum atomic E-state index is -0.802. The number of hydrogen-bond donors (Lipinski definition) is 0. The minimum absolute atomic E-state index is 0.0288. The molecule has 0 radical (unpaired) electrons. The second kappa shape index (κ2) is 16.2. The van der Waals surface area contributed by atoms with Crippen LogP contribution in [-0.2, 0) is 38.6 Å². The predicted molar refractivity (Wildman–Crippen MR) is 195 cm³/mol. The third-order valence-corrected chi connectivity index (χ3v) is 9.62. The van der Waals surface area contributed by atoms with Crippen molar-refractivity contribution in [3.05, 3.63) is 108 Å². The second-order valence-corrected chi connectivity index (χ2v) is 13.1. The molecule has 4 amide bonds. The maximum Gasteiger partial charge on any atom is 0.343 e. The third kappa shape index (κ3) is 7.81. The van der Waals surface area contributed by atoms with E-state index < -0.39 is 18.2 Å². The van der Waals surface area contributed by atoms with E-state index in [9.17, 15) is 19.2 Å². The van der Waals surface area contributed by atoms with E-state index >= 15 is 0 Å². The van der Waals surface area contributed by atoms with Gasteiger partial charge in [0.25, 0.3) is 0 Å². The van der Waals surface area contributed by atoms with Gasteiger partial charge in [-0.15, -0.1) is 0 Å². The average molecular weight is 708 g/mol. The van der Waals surface area contributed by atoms with Crippen LogP contribution >= 0.6 is 0 Å². The van der Waals surface area contributed by atoms with Crippen molar-refractivity contribution in [2.75, 3.05) is 47.5 Å². The molecule has 2 atom stereocenters. The Morgan fingerprint density at radius 3 is 2.27 bits per heavy atom. The Bertz CT molecular complexity index is 1900. The van der Waals surface area contributed by atoms with E-state index in [4.69, 9.17) is 9.47 Å². The van der Waals surface area contributed by atoms with Gasteiger partial charge in [-0.3, -0.25) is 14.6 Å². The fourth-order valence-corrected chi connectivity index (χ4v) is 6.99. The first-order valence-corrected chi connectivity index (χ1v) is 17.5. The first kappa shape index (κ1) is 36.2. The number of methoxy groups -OCH3 is 2. The number of hydrazine groups is 1. The molecule has 6 rings (SSSR count). The van der Waals surface area contributed by atoms with Crippen molar-refractivity contribution < 1.29 is 33.4 Å². The van der Waals surface area contributed by atoms with Crippen molar-refractivity contribution in [2.45, 2.75) is 45.1 Å². The van der Waals surface area contributed by atoms with Crippen LogP contribution in [0.3, 0.4) is 0 Å². The van der Waals surface area contributed by atoms with E-state index in [2.05, 4.69) is 10.8 Å². The summed E-state index contributed by atoms with van der Waals surface area (Å²) in [6.45, 7) is 3.10. The quantitative estimate of drug-likeness (QED) is 0.184. The fraction of sp³-hybridized carbons (Fsp3) is 0.350. The number of benzene rings is 4. The molecule has 0 saturated carbocycles. The molecule has 2 heterocycles. The van der Waals surface area contributed by atoms with Crippen molar-refractivity contribution in [1.82, 2.24) is 24.7 Å². The number of rotatable bonds is 13. The summed E-state index contributed by atoms with van der Waals surface area (Å²) in [6, 6.07) is 27.8. The topological polar surface area (TPSA) is 112 Å². The van der Waals surface area contributed by atoms with Crippen molar-refractivity contribution in [3.8, 4) is 11.5 Å². The van der Waals surface area contributed by atoms with Gasteiger partial charge >= 0.3 is 12.0 Å². The van der Waals surface area contributed by atoms with Crippen molar-refractivity contribution >= 4 is 34.6 Å². The summed E-state index contributed by atoms with van der Waals surface area (Å²) in [5.74, 6) is 0.357. The number of fused-ring (bicyclic) bond motifs is 2. The molecule has 4 aromatic carbocycles. The fourth-order valence-electron chi connectivity index (χ4n) is 6.99. The number of carbonyl (C=O) groups is 4. The monoisotopic (exact) mass is 707 g/mol. The van der Waals surface area contributed by atoms with Gasteiger partial charge in [-0.05, 0) is 58.1 Å². The molecular formula is C40H45N5O7. The van der Waals surface area contributed by atoms with Gasteiger partial charge in [0.15, 0.2) is 6.61 Å². The zero-order valence-electron chi connectivity index (χ0n) is 30.1. The molecule has 0 bridgehead atoms. The number of urea groups is 1. The number of amides is 4. The number of carbonyl (C=O) groups excluding carboxylic acids is 4. The lowest BCUT2D eigenvalue weighted by Gasteiger charge is -2.47. The Balaban J connectivity index is 1.29. The van der Waals surface area contributed by atoms with E-state index in [1.807, 2.05) is 89.6 Å². The number of ether oxygens (including phenoxy) is 3. The second-order valence-electron chi connectivity index (χ2n) is 13.1. The van der Waals surface area contributed by atoms with Gasteiger partial charge in [-0.25, -0.2) is 9.59 Å². The normalized spacial score (nSPS) is 17.2. The molecule has 2 saturated heterocycles. The highest BCUT2D eigenvalue weighted by Gasteiger charge is 2.52. The summed E-state index contributed by atoms with van der Waals surface area (Å²) in [6.07, 6.45) is 0.376. The van der Waals surface area contributed by atoms with Crippen LogP contribution in [0.4, 0.5) is 4.79 Å². The Morgan fingerprint density at radius 2 is 1.56 bits per heavy atom. The molecule has 2 aliphatic rings. The van der Waals surface area contributed by atoms with E-state index in [0.29, 0.717) is 31.8 Å². The lowest BCUT2D eigenvalue weighted by Crippen LogP contribution is -2.66. The van der Waals surface area contributed by atoms with Crippen LogP contribution in [0, 0.1) is 0 Å². The van der Waals surface area contributed by atoms with Crippen LogP contribution in [0.1, 0.15) is 30.0 Å². The highest BCUT2D eigenvalue weighted by molar-refractivity contribution is 5.92. The molecule has 2 aliphatic heterocycles. The summed E-state index contributed by atoms with van der Waals surface area (Å²) in [7, 11) is 4.66. The molecule has 0 unspecified atom stereocenters. The average Bonchev–Trinajstić information content (AvgIpc) is 3.49. The zero-order chi connectivity index (χ0) is 36.8. The summed E-state index contributed by atoms with van der Waals surface area (Å²) >= 11 is 0. The standard InChI is InChI=1S/C40H45N5O7/c1-5-21-43(40(49)41(2)23-29-15-17-32(50-3)18-16-29)44-26-37(46)45-35(22-28-13-19-33(20-14-28)52-27-38(47)51-4)39(48)42(25-36(44)45)24-31-11-8-10-30-9-6-7-12-34(30)31/h6-20,35-36H,5,21-27H2,1-4H3/t35-,36+/m0/s1. The number of piperazine rings is 1. The minimum Gasteiger partial charge on any atom is -0.497 e. The lowest BCUT2D eigenvalue weighted by atomic mass is 9.99. The van der Waals surface area contributed by atoms with Gasteiger partial charge in [0.05, 0.1) is 27.3 Å². The molecule has 12 heteroatoms. The van der Waals surface area contributed by atoms with Gasteiger partial charge in [0, 0.05) is 33.1 Å². The first-order chi connectivity index (χ1) is 25.2. The number of esters is 1. The van der Waals surface area contributed by atoms with Crippen LogP contribution in [0.15, 0.2) is 91.0 Å². The van der Waals surface area contributed by atoms with Crippen LogP contribution in [0.25, 0.3) is 10.8 Å². The van der Waals surface area contributed by atoms with Gasteiger partial charge in [-0.2, -0.15) is 5.01 Å². The van der Waals surface area contributed by atoms with Gasteiger partial charge < -0.3 is 28.9 Å². The van der Waals surface area contributed by atoms with Crippen molar-refractivity contribution in [3.63, 3.8) is 0 Å². The Hall–Kier alpha value is -5.62. The maximum atomic E-state index is 14.5. The van der Waals surface area contributed by atoms with E-state index in [0.717, 1.165) is 33.2 Å². The van der Waals surface area contributed by atoms with E-state index in [1.165, 1.54) is 7.11 Å². The molecule has 52 heavy (non-hydrogen) atoms. The lowest BCUT2D eigenvalue weighted by molar-refractivity contribution is -0.157. The predicted octanol–water partition coefficient (Wildman–Crippen LogP) is 4.70. The van der Waals surface area contributed by atoms with Gasteiger partial charge in [0.2, 0.25) is 11.8 Å². The zero-order valence-corrected chi connectivity index (χ0v) is 30.1. The molecule has 12 nitrogen and oxygen atoms in total. The summed E-state index contributed by atoms with van der Waals surface area (Å²) in [5.41, 5.74) is 2.77. The van der Waals surface area contributed by atoms with E-state index in [-0.39, 0.29) is 44.0 Å². The molecule has 2 fully saturated rings. The smallest absolute Gasteiger partial charge is 0.343 e. The molecule has 0 N–H and O–H groups in total. The molecule has 272 valence electrons. The molecule has 4 aromatic rings. The largest absolute Gasteiger partial charge is 0.497 e. The van der Waals surface area contributed by atoms with E-state index in [1.54, 1.807) is 41.1 Å². The summed E-state index contributed by atoms with van der Waals surface area (Å²) in [5, 5.41) is 5.65. The van der Waals surface area contributed by atoms with Gasteiger partial charge in [0.1, 0.15) is 23.7 Å². The molecule has 0 spiro atoms. The van der Waals surface area contributed by atoms with Crippen molar-refractivity contribution in [1.29, 1.82) is 0 Å². The highest BCUT2D eigenvalue weighted by Crippen LogP contribution is 2.32.